The summed E-state index contributed by atoms with van der Waals surface area (Å²) >= 11 is 5.72. The minimum absolute atomic E-state index is 0.0806. The molecule has 0 saturated heterocycles. The predicted octanol–water partition coefficient (Wildman–Crippen LogP) is 1.25. The van der Waals surface area contributed by atoms with Crippen molar-refractivity contribution in [1.82, 2.24) is 0 Å². The number of carboxylic acids is 1. The Kier molecular flexibility index (Phi) is 4.93. The third-order valence-corrected chi connectivity index (χ3v) is 3.60. The van der Waals surface area contributed by atoms with Gasteiger partial charge < -0.3 is 9.84 Å². The molecule has 8 nitrogen and oxygen atoms in total. The maximum Gasteiger partial charge on any atom is 0.411 e. The van der Waals surface area contributed by atoms with Crippen molar-refractivity contribution in [3.05, 3.63) is 22.7 Å². The van der Waals surface area contributed by atoms with E-state index in [4.69, 9.17) is 21.8 Å². The van der Waals surface area contributed by atoms with E-state index in [2.05, 4.69) is 10.1 Å². The van der Waals surface area contributed by atoms with Crippen molar-refractivity contribution < 1.29 is 27.9 Å². The molecule has 1 rings (SSSR count). The smallest absolute Gasteiger partial charge is 0.411 e. The van der Waals surface area contributed by atoms with Crippen LogP contribution in [0.3, 0.4) is 0 Å². The molecule has 1 aromatic rings. The van der Waals surface area contributed by atoms with Gasteiger partial charge in [-0.15, -0.1) is 0 Å². The van der Waals surface area contributed by atoms with E-state index in [0.717, 1.165) is 12.1 Å². The molecule has 4 N–H and O–H groups in total. The average Bonchev–Trinajstić information content (AvgIpc) is 2.26. The number of carboxylic acid groups (broad SMARTS) is 1. The number of hydrogen-bond donors (Lipinski definition) is 3. The van der Waals surface area contributed by atoms with Gasteiger partial charge in [0.15, 0.2) is 0 Å². The largest absolute Gasteiger partial charge is 0.478 e. The first-order valence-electron chi connectivity index (χ1n) is 5.20. The molecule has 0 unspecified atom stereocenters. The fourth-order valence-corrected chi connectivity index (χ4v) is 2.54. The number of hydrogen-bond acceptors (Lipinski definition) is 5. The quantitative estimate of drug-likeness (QED) is 0.763. The summed E-state index contributed by atoms with van der Waals surface area (Å²) in [6.07, 6.45) is -0.894. The molecule has 0 aliphatic heterocycles. The van der Waals surface area contributed by atoms with Crippen LogP contribution in [0, 0.1) is 0 Å². The van der Waals surface area contributed by atoms with Crippen molar-refractivity contribution in [3.63, 3.8) is 0 Å². The number of rotatable bonds is 4. The molecule has 0 heterocycles. The number of primary sulfonamides is 1. The number of benzene rings is 1. The Morgan fingerprint density at radius 1 is 1.45 bits per heavy atom. The highest BCUT2D eigenvalue weighted by molar-refractivity contribution is 7.89. The normalized spacial score (nSPS) is 10.9. The molecular weight excluding hydrogens is 312 g/mol. The van der Waals surface area contributed by atoms with Crippen LogP contribution in [0.15, 0.2) is 17.0 Å². The molecule has 110 valence electrons. The van der Waals surface area contributed by atoms with Gasteiger partial charge in [0.05, 0.1) is 17.3 Å². The van der Waals surface area contributed by atoms with E-state index in [1.54, 1.807) is 6.92 Å². The van der Waals surface area contributed by atoms with E-state index in [0.29, 0.717) is 0 Å². The van der Waals surface area contributed by atoms with E-state index in [1.165, 1.54) is 0 Å². The van der Waals surface area contributed by atoms with Crippen LogP contribution in [0.2, 0.25) is 5.02 Å². The number of sulfonamides is 1. The van der Waals surface area contributed by atoms with Crippen molar-refractivity contribution in [2.24, 2.45) is 5.14 Å². The highest BCUT2D eigenvalue weighted by atomic mass is 35.5. The number of carbonyl (C=O) groups is 2. The van der Waals surface area contributed by atoms with Gasteiger partial charge in [-0.3, -0.25) is 5.32 Å². The summed E-state index contributed by atoms with van der Waals surface area (Å²) < 4.78 is 27.1. The van der Waals surface area contributed by atoms with Gasteiger partial charge in [-0.2, -0.15) is 0 Å². The maximum atomic E-state index is 11.3. The van der Waals surface area contributed by atoms with Crippen LogP contribution < -0.4 is 10.5 Å². The Morgan fingerprint density at radius 3 is 2.50 bits per heavy atom. The number of nitrogens with two attached hydrogens (primary N) is 1. The minimum atomic E-state index is -4.18. The summed E-state index contributed by atoms with van der Waals surface area (Å²) in [5.74, 6) is -1.52. The summed E-state index contributed by atoms with van der Waals surface area (Å²) in [6.45, 7) is 1.64. The molecule has 0 aromatic heterocycles. The monoisotopic (exact) mass is 322 g/mol. The van der Waals surface area contributed by atoms with Crippen molar-refractivity contribution >= 4 is 39.4 Å². The number of carbonyl (C=O) groups excluding carboxylic acids is 1. The SMILES string of the molecule is CCOC(=O)Nc1ccc(S(N)(=O)=O)c(Cl)c1C(=O)O. The number of halogens is 1. The van der Waals surface area contributed by atoms with Crippen molar-refractivity contribution in [2.75, 3.05) is 11.9 Å². The zero-order chi connectivity index (χ0) is 15.5. The van der Waals surface area contributed by atoms with E-state index in [1.807, 2.05) is 0 Å². The van der Waals surface area contributed by atoms with Crippen molar-refractivity contribution in [2.45, 2.75) is 11.8 Å². The van der Waals surface area contributed by atoms with Gasteiger partial charge in [0.1, 0.15) is 10.5 Å². The lowest BCUT2D eigenvalue weighted by Gasteiger charge is -2.11. The molecule has 20 heavy (non-hydrogen) atoms. The van der Waals surface area contributed by atoms with Gasteiger partial charge in [-0.25, -0.2) is 23.1 Å². The molecule has 0 fully saturated rings. The van der Waals surface area contributed by atoms with Crippen LogP contribution in [0.5, 0.6) is 0 Å². The van der Waals surface area contributed by atoms with Crippen molar-refractivity contribution in [3.8, 4) is 0 Å². The third-order valence-electron chi connectivity index (χ3n) is 2.14. The van der Waals surface area contributed by atoms with E-state index in [9.17, 15) is 18.0 Å². The summed E-state index contributed by atoms with van der Waals surface area (Å²) in [6, 6.07) is 2.05. The zero-order valence-electron chi connectivity index (χ0n) is 10.2. The van der Waals surface area contributed by atoms with Crippen LogP contribution in [0.4, 0.5) is 10.5 Å². The molecule has 0 radical (unpaired) electrons. The Labute approximate surface area is 119 Å². The van der Waals surface area contributed by atoms with Crippen molar-refractivity contribution in [1.29, 1.82) is 0 Å². The van der Waals surface area contributed by atoms with Gasteiger partial charge in [-0.1, -0.05) is 11.6 Å². The van der Waals surface area contributed by atoms with E-state index in [-0.39, 0.29) is 12.3 Å². The lowest BCUT2D eigenvalue weighted by molar-refractivity contribution is 0.0698. The second-order valence-electron chi connectivity index (χ2n) is 3.50. The first-order chi connectivity index (χ1) is 9.18. The second kappa shape index (κ2) is 6.07. The Morgan fingerprint density at radius 2 is 2.05 bits per heavy atom. The molecule has 10 heteroatoms. The molecule has 0 spiro atoms. The highest BCUT2D eigenvalue weighted by Crippen LogP contribution is 2.30. The first kappa shape index (κ1) is 16.2. The van der Waals surface area contributed by atoms with Crippen LogP contribution in [0.25, 0.3) is 0 Å². The standard InChI is InChI=1S/C10H11ClN2O6S/c1-2-19-10(16)13-5-3-4-6(20(12,17)18)8(11)7(5)9(14)15/h3-4H,2H2,1H3,(H,13,16)(H,14,15)(H2,12,17,18). The van der Waals surface area contributed by atoms with Gasteiger partial charge >= 0.3 is 12.1 Å². The van der Waals surface area contributed by atoms with E-state index >= 15 is 0 Å². The van der Waals surface area contributed by atoms with Gasteiger partial charge in [0, 0.05) is 0 Å². The third kappa shape index (κ3) is 3.59. The van der Waals surface area contributed by atoms with Gasteiger partial charge in [-0.05, 0) is 19.1 Å². The number of anilines is 1. The number of ether oxygens (including phenoxy) is 1. The van der Waals surface area contributed by atoms with E-state index < -0.39 is 37.6 Å². The fourth-order valence-electron chi connectivity index (χ4n) is 1.37. The minimum Gasteiger partial charge on any atom is -0.478 e. The summed E-state index contributed by atoms with van der Waals surface area (Å²) in [5, 5.41) is 15.5. The Balaban J connectivity index is 3.38. The fraction of sp³-hybridized carbons (Fsp3) is 0.200. The number of aromatic carboxylic acids is 1. The van der Waals surface area contributed by atoms with Gasteiger partial charge in [0.2, 0.25) is 10.0 Å². The molecular formula is C10H11ClN2O6S. The predicted molar refractivity (Wildman–Crippen MR) is 70.4 cm³/mol. The molecule has 0 atom stereocenters. The molecule has 1 aromatic carbocycles. The molecule has 0 aliphatic rings. The molecule has 0 bridgehead atoms. The number of amides is 1. The average molecular weight is 323 g/mol. The lowest BCUT2D eigenvalue weighted by atomic mass is 10.2. The van der Waals surface area contributed by atoms with Gasteiger partial charge in [0.25, 0.3) is 0 Å². The highest BCUT2D eigenvalue weighted by Gasteiger charge is 2.24. The Bertz CT molecular complexity index is 658. The molecule has 1 amide bonds. The van der Waals surface area contributed by atoms with Crippen LogP contribution in [0.1, 0.15) is 17.3 Å². The lowest BCUT2D eigenvalue weighted by Crippen LogP contribution is -2.18. The first-order valence-corrected chi connectivity index (χ1v) is 7.13. The zero-order valence-corrected chi connectivity index (χ0v) is 11.8. The molecule has 0 saturated carbocycles. The summed E-state index contributed by atoms with van der Waals surface area (Å²) in [7, 11) is -4.18. The Hall–Kier alpha value is -1.84. The van der Waals surface area contributed by atoms with Crippen LogP contribution in [-0.2, 0) is 14.8 Å². The van der Waals surface area contributed by atoms with Crippen LogP contribution in [-0.4, -0.2) is 32.2 Å². The topological polar surface area (TPSA) is 136 Å². The maximum absolute atomic E-state index is 11.3. The second-order valence-corrected chi connectivity index (χ2v) is 5.40. The summed E-state index contributed by atoms with van der Waals surface area (Å²) in [5.41, 5.74) is -0.792. The number of nitrogens with one attached hydrogen (secondary N) is 1. The summed E-state index contributed by atoms with van der Waals surface area (Å²) in [4.78, 5) is 21.9. The van der Waals surface area contributed by atoms with Crippen LogP contribution >= 0.6 is 11.6 Å². The molecule has 0 aliphatic carbocycles.